The zero-order chi connectivity index (χ0) is 14.0. The van der Waals surface area contributed by atoms with Crippen molar-refractivity contribution in [2.45, 2.75) is 32.4 Å². The summed E-state index contributed by atoms with van der Waals surface area (Å²) in [7, 11) is 0. The lowest BCUT2D eigenvalue weighted by Gasteiger charge is -2.31. The minimum Gasteiger partial charge on any atom is -0.371 e. The molecule has 0 N–H and O–H groups in total. The predicted molar refractivity (Wildman–Crippen MR) is 67.7 cm³/mol. The summed E-state index contributed by atoms with van der Waals surface area (Å²) in [5.41, 5.74) is 2.43. The first-order chi connectivity index (χ1) is 8.87. The van der Waals surface area contributed by atoms with Crippen LogP contribution in [-0.4, -0.2) is 25.0 Å². The van der Waals surface area contributed by atoms with Gasteiger partial charge in [0.05, 0.1) is 6.42 Å². The molecule has 0 amide bonds. The van der Waals surface area contributed by atoms with Crippen LogP contribution in [0.3, 0.4) is 0 Å². The molecule has 1 aliphatic rings. The molecule has 5 heteroatoms. The molecule has 19 heavy (non-hydrogen) atoms. The van der Waals surface area contributed by atoms with Crippen molar-refractivity contribution in [3.63, 3.8) is 0 Å². The van der Waals surface area contributed by atoms with Crippen LogP contribution in [0.4, 0.5) is 18.9 Å². The quantitative estimate of drug-likeness (QED) is 0.783. The summed E-state index contributed by atoms with van der Waals surface area (Å²) >= 11 is 0. The second-order valence-corrected chi connectivity index (χ2v) is 4.86. The van der Waals surface area contributed by atoms with E-state index in [1.54, 1.807) is 23.1 Å². The van der Waals surface area contributed by atoms with Crippen molar-refractivity contribution in [3.05, 3.63) is 29.3 Å². The summed E-state index contributed by atoms with van der Waals surface area (Å²) in [4.78, 5) is 13.1. The van der Waals surface area contributed by atoms with Gasteiger partial charge in [0, 0.05) is 24.3 Å². The molecule has 0 saturated heterocycles. The van der Waals surface area contributed by atoms with Gasteiger partial charge in [0.2, 0.25) is 0 Å². The minimum atomic E-state index is -4.13. The SMILES string of the molecule is CC(=O)c1ccc2c(c1)CCCN2CCC(F)(F)F. The van der Waals surface area contributed by atoms with Crippen molar-refractivity contribution >= 4 is 11.5 Å². The molecule has 1 aromatic carbocycles. The molecule has 2 rings (SSSR count). The van der Waals surface area contributed by atoms with Crippen LogP contribution in [0.1, 0.15) is 35.7 Å². The number of hydrogen-bond donors (Lipinski definition) is 0. The first-order valence-electron chi connectivity index (χ1n) is 6.32. The molecule has 0 aromatic heterocycles. The number of Topliss-reactive ketones (excluding diaryl/α,β-unsaturated/α-hetero) is 1. The average molecular weight is 271 g/mol. The lowest BCUT2D eigenvalue weighted by atomic mass is 9.98. The number of benzene rings is 1. The maximum atomic E-state index is 12.3. The number of halogens is 3. The van der Waals surface area contributed by atoms with Gasteiger partial charge in [-0.25, -0.2) is 0 Å². The van der Waals surface area contributed by atoms with Crippen LogP contribution in [0.5, 0.6) is 0 Å². The Kier molecular flexibility index (Phi) is 3.83. The molecule has 2 nitrogen and oxygen atoms in total. The normalized spacial score (nSPS) is 15.3. The molecule has 1 aliphatic heterocycles. The summed E-state index contributed by atoms with van der Waals surface area (Å²) in [6.45, 7) is 2.12. The third kappa shape index (κ3) is 3.49. The van der Waals surface area contributed by atoms with Gasteiger partial charge >= 0.3 is 6.18 Å². The highest BCUT2D eigenvalue weighted by molar-refractivity contribution is 5.94. The molecule has 0 fully saturated rings. The van der Waals surface area contributed by atoms with Gasteiger partial charge in [-0.05, 0) is 43.5 Å². The first-order valence-corrected chi connectivity index (χ1v) is 6.32. The largest absolute Gasteiger partial charge is 0.390 e. The molecule has 1 aromatic rings. The number of carbonyl (C=O) groups excluding carboxylic acids is 1. The molecular weight excluding hydrogens is 255 g/mol. The Morgan fingerprint density at radius 2 is 2.11 bits per heavy atom. The monoisotopic (exact) mass is 271 g/mol. The van der Waals surface area contributed by atoms with Crippen molar-refractivity contribution < 1.29 is 18.0 Å². The van der Waals surface area contributed by atoms with E-state index in [-0.39, 0.29) is 12.3 Å². The third-order valence-electron chi connectivity index (χ3n) is 3.37. The zero-order valence-electron chi connectivity index (χ0n) is 10.8. The van der Waals surface area contributed by atoms with Crippen LogP contribution < -0.4 is 4.90 Å². The summed E-state index contributed by atoms with van der Waals surface area (Å²) in [6, 6.07) is 5.26. The highest BCUT2D eigenvalue weighted by Gasteiger charge is 2.29. The van der Waals surface area contributed by atoms with Crippen LogP contribution in [0.2, 0.25) is 0 Å². The van der Waals surface area contributed by atoms with E-state index >= 15 is 0 Å². The Labute approximate surface area is 110 Å². The summed E-state index contributed by atoms with van der Waals surface area (Å²) in [5, 5.41) is 0. The first kappa shape index (κ1) is 13.9. The average Bonchev–Trinajstić information content (AvgIpc) is 2.34. The van der Waals surface area contributed by atoms with Gasteiger partial charge in [0.25, 0.3) is 0 Å². The fourth-order valence-corrected chi connectivity index (χ4v) is 2.39. The van der Waals surface area contributed by atoms with Crippen molar-refractivity contribution in [3.8, 4) is 0 Å². The molecule has 0 radical (unpaired) electrons. The maximum absolute atomic E-state index is 12.3. The molecule has 0 aliphatic carbocycles. The number of aryl methyl sites for hydroxylation is 1. The lowest BCUT2D eigenvalue weighted by Crippen LogP contribution is -2.32. The van der Waals surface area contributed by atoms with Gasteiger partial charge in [-0.15, -0.1) is 0 Å². The van der Waals surface area contributed by atoms with E-state index in [1.807, 2.05) is 0 Å². The number of alkyl halides is 3. The van der Waals surface area contributed by atoms with Crippen molar-refractivity contribution in [1.82, 2.24) is 0 Å². The number of nitrogens with zero attached hydrogens (tertiary/aromatic N) is 1. The van der Waals surface area contributed by atoms with Gasteiger partial charge in [-0.1, -0.05) is 0 Å². The Bertz CT molecular complexity index is 482. The van der Waals surface area contributed by atoms with Crippen LogP contribution in [-0.2, 0) is 6.42 Å². The Morgan fingerprint density at radius 1 is 1.37 bits per heavy atom. The Morgan fingerprint density at radius 3 is 2.74 bits per heavy atom. The van der Waals surface area contributed by atoms with E-state index in [0.717, 1.165) is 24.1 Å². The fraction of sp³-hybridized carbons (Fsp3) is 0.500. The van der Waals surface area contributed by atoms with Crippen LogP contribution in [0.15, 0.2) is 18.2 Å². The summed E-state index contributed by atoms with van der Waals surface area (Å²) in [6.07, 6.45) is -3.29. The zero-order valence-corrected chi connectivity index (χ0v) is 10.8. The van der Waals surface area contributed by atoms with Gasteiger partial charge in [0.1, 0.15) is 0 Å². The number of carbonyl (C=O) groups is 1. The van der Waals surface area contributed by atoms with Gasteiger partial charge in [0.15, 0.2) is 5.78 Å². The lowest BCUT2D eigenvalue weighted by molar-refractivity contribution is -0.132. The second-order valence-electron chi connectivity index (χ2n) is 4.86. The van der Waals surface area contributed by atoms with Crippen LogP contribution in [0, 0.1) is 0 Å². The predicted octanol–water partition coefficient (Wildman–Crippen LogP) is 3.59. The molecule has 0 atom stereocenters. The Hall–Kier alpha value is -1.52. The number of fused-ring (bicyclic) bond motifs is 1. The van der Waals surface area contributed by atoms with Crippen molar-refractivity contribution in [1.29, 1.82) is 0 Å². The van der Waals surface area contributed by atoms with E-state index in [1.165, 1.54) is 6.92 Å². The molecule has 0 unspecified atom stereocenters. The molecule has 0 spiro atoms. The van der Waals surface area contributed by atoms with E-state index in [2.05, 4.69) is 0 Å². The number of ketones is 1. The van der Waals surface area contributed by atoms with Crippen molar-refractivity contribution in [2.24, 2.45) is 0 Å². The number of anilines is 1. The minimum absolute atomic E-state index is 0.0179. The fourth-order valence-electron chi connectivity index (χ4n) is 2.39. The van der Waals surface area contributed by atoms with Gasteiger partial charge in [-0.3, -0.25) is 4.79 Å². The molecule has 0 bridgehead atoms. The van der Waals surface area contributed by atoms with E-state index in [9.17, 15) is 18.0 Å². The standard InChI is InChI=1S/C14H16F3NO/c1-10(19)11-4-5-13-12(9-11)3-2-7-18(13)8-6-14(15,16)17/h4-5,9H,2-3,6-8H2,1H3. The van der Waals surface area contributed by atoms with E-state index in [0.29, 0.717) is 12.1 Å². The molecule has 104 valence electrons. The number of rotatable bonds is 3. The van der Waals surface area contributed by atoms with Crippen LogP contribution >= 0.6 is 0 Å². The van der Waals surface area contributed by atoms with Gasteiger partial charge < -0.3 is 4.90 Å². The highest BCUT2D eigenvalue weighted by atomic mass is 19.4. The van der Waals surface area contributed by atoms with Gasteiger partial charge in [-0.2, -0.15) is 13.2 Å². The summed E-state index contributed by atoms with van der Waals surface area (Å²) < 4.78 is 36.9. The smallest absolute Gasteiger partial charge is 0.371 e. The van der Waals surface area contributed by atoms with E-state index in [4.69, 9.17) is 0 Å². The third-order valence-corrected chi connectivity index (χ3v) is 3.37. The Balaban J connectivity index is 2.18. The maximum Gasteiger partial charge on any atom is 0.390 e. The summed E-state index contributed by atoms with van der Waals surface area (Å²) in [5.74, 6) is -0.0183. The number of hydrogen-bond acceptors (Lipinski definition) is 2. The highest BCUT2D eigenvalue weighted by Crippen LogP contribution is 2.30. The topological polar surface area (TPSA) is 20.3 Å². The van der Waals surface area contributed by atoms with E-state index < -0.39 is 12.6 Å². The molecular formula is C14H16F3NO. The van der Waals surface area contributed by atoms with Crippen molar-refractivity contribution in [2.75, 3.05) is 18.0 Å². The second kappa shape index (κ2) is 5.23. The molecule has 1 heterocycles. The van der Waals surface area contributed by atoms with Crippen LogP contribution in [0.25, 0.3) is 0 Å². The molecule has 0 saturated carbocycles.